The van der Waals surface area contributed by atoms with E-state index in [9.17, 15) is 4.79 Å². The molecule has 0 amide bonds. The average Bonchev–Trinajstić information content (AvgIpc) is 2.30. The van der Waals surface area contributed by atoms with Gasteiger partial charge in [-0.3, -0.25) is 4.79 Å². The van der Waals surface area contributed by atoms with E-state index >= 15 is 0 Å². The summed E-state index contributed by atoms with van der Waals surface area (Å²) in [7, 11) is 0. The SMILES string of the molecule is O=C(C1=CCCCC1)c1ncccn1. The summed E-state index contributed by atoms with van der Waals surface area (Å²) in [6.45, 7) is 0. The average molecular weight is 188 g/mol. The smallest absolute Gasteiger partial charge is 0.225 e. The van der Waals surface area contributed by atoms with Crippen LogP contribution in [0.4, 0.5) is 0 Å². The van der Waals surface area contributed by atoms with Crippen LogP contribution in [-0.4, -0.2) is 15.8 Å². The van der Waals surface area contributed by atoms with Gasteiger partial charge in [0.1, 0.15) is 0 Å². The van der Waals surface area contributed by atoms with Gasteiger partial charge in [0.15, 0.2) is 0 Å². The van der Waals surface area contributed by atoms with Gasteiger partial charge in [-0.1, -0.05) is 6.08 Å². The second kappa shape index (κ2) is 4.13. The van der Waals surface area contributed by atoms with E-state index in [2.05, 4.69) is 9.97 Å². The van der Waals surface area contributed by atoms with Crippen LogP contribution in [-0.2, 0) is 0 Å². The van der Waals surface area contributed by atoms with Gasteiger partial charge in [0, 0.05) is 12.4 Å². The Morgan fingerprint density at radius 2 is 2.00 bits per heavy atom. The lowest BCUT2D eigenvalue weighted by Crippen LogP contribution is -2.09. The van der Waals surface area contributed by atoms with E-state index in [0.717, 1.165) is 24.8 Å². The van der Waals surface area contributed by atoms with Crippen molar-refractivity contribution in [3.63, 3.8) is 0 Å². The third-order valence-corrected chi connectivity index (χ3v) is 2.35. The van der Waals surface area contributed by atoms with Crippen LogP contribution < -0.4 is 0 Å². The molecule has 3 heteroatoms. The van der Waals surface area contributed by atoms with Crippen molar-refractivity contribution in [3.8, 4) is 0 Å². The first kappa shape index (κ1) is 9.06. The van der Waals surface area contributed by atoms with Crippen molar-refractivity contribution in [2.45, 2.75) is 25.7 Å². The van der Waals surface area contributed by atoms with Gasteiger partial charge in [-0.25, -0.2) is 9.97 Å². The van der Waals surface area contributed by atoms with Gasteiger partial charge >= 0.3 is 0 Å². The molecule has 0 aliphatic heterocycles. The summed E-state index contributed by atoms with van der Waals surface area (Å²) in [6.07, 6.45) is 9.39. The van der Waals surface area contributed by atoms with Crippen LogP contribution in [0.3, 0.4) is 0 Å². The number of allylic oxidation sites excluding steroid dienone is 2. The largest absolute Gasteiger partial charge is 0.285 e. The van der Waals surface area contributed by atoms with Gasteiger partial charge in [-0.15, -0.1) is 0 Å². The standard InChI is InChI=1S/C11H12N2O/c14-10(9-5-2-1-3-6-9)11-12-7-4-8-13-11/h4-5,7-8H,1-3,6H2. The molecule has 72 valence electrons. The van der Waals surface area contributed by atoms with Crippen LogP contribution in [0.2, 0.25) is 0 Å². The van der Waals surface area contributed by atoms with Gasteiger partial charge < -0.3 is 0 Å². The Morgan fingerprint density at radius 3 is 2.64 bits per heavy atom. The molecule has 3 nitrogen and oxygen atoms in total. The Hall–Kier alpha value is -1.51. The Labute approximate surface area is 82.9 Å². The summed E-state index contributed by atoms with van der Waals surface area (Å²) in [5.41, 5.74) is 0.877. The van der Waals surface area contributed by atoms with Gasteiger partial charge in [0.2, 0.25) is 11.6 Å². The van der Waals surface area contributed by atoms with Crippen molar-refractivity contribution in [2.24, 2.45) is 0 Å². The lowest BCUT2D eigenvalue weighted by molar-refractivity contribution is 0.101. The lowest BCUT2D eigenvalue weighted by atomic mass is 9.96. The third-order valence-electron chi connectivity index (χ3n) is 2.35. The predicted octanol–water partition coefficient (Wildman–Crippen LogP) is 2.16. The van der Waals surface area contributed by atoms with Crippen molar-refractivity contribution in [2.75, 3.05) is 0 Å². The summed E-state index contributed by atoms with van der Waals surface area (Å²) in [6, 6.07) is 1.71. The number of carbonyl (C=O) groups excluding carboxylic acids is 1. The Bertz CT molecular complexity index is 357. The number of Topliss-reactive ketones (excluding diaryl/α,β-unsaturated/α-hetero) is 1. The first-order valence-corrected chi connectivity index (χ1v) is 4.88. The maximum atomic E-state index is 11.8. The second-order valence-electron chi connectivity index (χ2n) is 3.38. The molecule has 1 aromatic heterocycles. The lowest BCUT2D eigenvalue weighted by Gasteiger charge is -2.09. The molecule has 14 heavy (non-hydrogen) atoms. The zero-order valence-electron chi connectivity index (χ0n) is 7.94. The summed E-state index contributed by atoms with van der Waals surface area (Å²) < 4.78 is 0. The van der Waals surface area contributed by atoms with Crippen LogP contribution >= 0.6 is 0 Å². The first-order valence-electron chi connectivity index (χ1n) is 4.88. The second-order valence-corrected chi connectivity index (χ2v) is 3.38. The first-order chi connectivity index (χ1) is 6.88. The molecule has 0 atom stereocenters. The molecule has 1 heterocycles. The van der Waals surface area contributed by atoms with Gasteiger partial charge in [-0.2, -0.15) is 0 Å². The van der Waals surface area contributed by atoms with Crippen molar-refractivity contribution in [3.05, 3.63) is 35.9 Å². The Kier molecular flexibility index (Phi) is 2.68. The Balaban J connectivity index is 2.20. The summed E-state index contributed by atoms with van der Waals surface area (Å²) in [5, 5.41) is 0. The zero-order chi connectivity index (χ0) is 9.80. The fourth-order valence-corrected chi connectivity index (χ4v) is 1.60. The highest BCUT2D eigenvalue weighted by atomic mass is 16.1. The zero-order valence-corrected chi connectivity index (χ0v) is 7.94. The van der Waals surface area contributed by atoms with E-state index in [1.54, 1.807) is 18.5 Å². The van der Waals surface area contributed by atoms with E-state index in [1.165, 1.54) is 6.42 Å². The minimum absolute atomic E-state index is 0.00898. The van der Waals surface area contributed by atoms with Crippen LogP contribution in [0.1, 0.15) is 36.3 Å². The van der Waals surface area contributed by atoms with Crippen molar-refractivity contribution in [1.29, 1.82) is 0 Å². The molecule has 0 fully saturated rings. The normalized spacial score (nSPS) is 16.1. The molecule has 0 radical (unpaired) electrons. The third kappa shape index (κ3) is 1.87. The van der Waals surface area contributed by atoms with E-state index < -0.39 is 0 Å². The van der Waals surface area contributed by atoms with Crippen molar-refractivity contribution >= 4 is 5.78 Å². The summed E-state index contributed by atoms with van der Waals surface area (Å²) in [4.78, 5) is 19.7. The fraction of sp³-hybridized carbons (Fsp3) is 0.364. The molecule has 1 aliphatic rings. The molecular weight excluding hydrogens is 176 g/mol. The molecule has 0 spiro atoms. The number of hydrogen-bond donors (Lipinski definition) is 0. The van der Waals surface area contributed by atoms with E-state index in [1.807, 2.05) is 6.08 Å². The molecule has 0 N–H and O–H groups in total. The van der Waals surface area contributed by atoms with Gasteiger partial charge in [-0.05, 0) is 37.3 Å². The summed E-state index contributed by atoms with van der Waals surface area (Å²) >= 11 is 0. The van der Waals surface area contributed by atoms with E-state index in [-0.39, 0.29) is 5.78 Å². The molecule has 0 aromatic carbocycles. The maximum Gasteiger partial charge on any atom is 0.225 e. The van der Waals surface area contributed by atoms with Crippen LogP contribution in [0.5, 0.6) is 0 Å². The molecule has 0 unspecified atom stereocenters. The van der Waals surface area contributed by atoms with Crippen LogP contribution in [0.15, 0.2) is 30.1 Å². The van der Waals surface area contributed by atoms with Crippen molar-refractivity contribution < 1.29 is 4.79 Å². The highest BCUT2D eigenvalue weighted by Gasteiger charge is 2.15. The maximum absolute atomic E-state index is 11.8. The molecule has 0 bridgehead atoms. The molecule has 1 aromatic rings. The highest BCUT2D eigenvalue weighted by molar-refractivity contribution is 6.06. The fourth-order valence-electron chi connectivity index (χ4n) is 1.60. The van der Waals surface area contributed by atoms with Crippen molar-refractivity contribution in [1.82, 2.24) is 9.97 Å². The van der Waals surface area contributed by atoms with Crippen LogP contribution in [0, 0.1) is 0 Å². The topological polar surface area (TPSA) is 42.9 Å². The molecule has 0 saturated heterocycles. The van der Waals surface area contributed by atoms with Gasteiger partial charge in [0.25, 0.3) is 0 Å². The quantitative estimate of drug-likeness (QED) is 0.668. The monoisotopic (exact) mass is 188 g/mol. The number of hydrogen-bond acceptors (Lipinski definition) is 3. The molecule has 1 aliphatic carbocycles. The number of nitrogens with zero attached hydrogens (tertiary/aromatic N) is 2. The minimum Gasteiger partial charge on any atom is -0.285 e. The Morgan fingerprint density at radius 1 is 1.21 bits per heavy atom. The van der Waals surface area contributed by atoms with E-state index in [0.29, 0.717) is 5.82 Å². The molecular formula is C11H12N2O. The minimum atomic E-state index is -0.00898. The number of rotatable bonds is 2. The number of carbonyl (C=O) groups is 1. The predicted molar refractivity (Wildman–Crippen MR) is 52.9 cm³/mol. The molecule has 0 saturated carbocycles. The van der Waals surface area contributed by atoms with Gasteiger partial charge in [0.05, 0.1) is 0 Å². The number of aromatic nitrogens is 2. The highest BCUT2D eigenvalue weighted by Crippen LogP contribution is 2.19. The molecule has 2 rings (SSSR count). The van der Waals surface area contributed by atoms with Crippen LogP contribution in [0.25, 0.3) is 0 Å². The number of ketones is 1. The van der Waals surface area contributed by atoms with E-state index in [4.69, 9.17) is 0 Å². The summed E-state index contributed by atoms with van der Waals surface area (Å²) in [5.74, 6) is 0.311.